The van der Waals surface area contributed by atoms with Crippen molar-refractivity contribution in [2.75, 3.05) is 17.7 Å². The van der Waals surface area contributed by atoms with Crippen molar-refractivity contribution in [3.05, 3.63) is 59.7 Å². The number of carboxylic acid groups (broad SMARTS) is 1. The van der Waals surface area contributed by atoms with Crippen LogP contribution in [0.4, 0.5) is 16.3 Å². The first-order valence-electron chi connectivity index (χ1n) is 9.69. The van der Waals surface area contributed by atoms with Crippen LogP contribution in [0.1, 0.15) is 36.7 Å². The van der Waals surface area contributed by atoms with Crippen molar-refractivity contribution in [1.82, 2.24) is 4.98 Å². The number of aromatic carboxylic acids is 1. The highest BCUT2D eigenvalue weighted by molar-refractivity contribution is 5.98. The standard InChI is InChI=1S/C23H25N3O5/c1-23(2,3)31-22(29)25-16-8-5-14(6-9-16)13-24-20-18(21(27)28)11-15-7-10-17(30-4)12-19(15)26-20/h5-12H,13H2,1-4H3,(H,24,26)(H,25,29)(H,27,28). The third-order valence-corrected chi connectivity index (χ3v) is 4.31. The van der Waals surface area contributed by atoms with Gasteiger partial charge in [-0.05, 0) is 56.7 Å². The Morgan fingerprint density at radius 1 is 1.06 bits per heavy atom. The molecule has 0 saturated carbocycles. The van der Waals surface area contributed by atoms with Gasteiger partial charge in [-0.1, -0.05) is 12.1 Å². The smallest absolute Gasteiger partial charge is 0.412 e. The molecule has 0 aliphatic heterocycles. The second-order valence-corrected chi connectivity index (χ2v) is 7.93. The largest absolute Gasteiger partial charge is 0.497 e. The van der Waals surface area contributed by atoms with Gasteiger partial charge >= 0.3 is 12.1 Å². The number of hydrogen-bond donors (Lipinski definition) is 3. The van der Waals surface area contributed by atoms with E-state index in [0.29, 0.717) is 28.9 Å². The fourth-order valence-electron chi connectivity index (χ4n) is 2.88. The minimum absolute atomic E-state index is 0.0841. The maximum atomic E-state index is 11.9. The van der Waals surface area contributed by atoms with Crippen LogP contribution in [0, 0.1) is 0 Å². The number of rotatable bonds is 6. The molecule has 0 fully saturated rings. The van der Waals surface area contributed by atoms with E-state index < -0.39 is 17.7 Å². The number of carbonyl (C=O) groups excluding carboxylic acids is 1. The molecule has 31 heavy (non-hydrogen) atoms. The first kappa shape index (κ1) is 21.9. The van der Waals surface area contributed by atoms with E-state index >= 15 is 0 Å². The molecule has 3 N–H and O–H groups in total. The van der Waals surface area contributed by atoms with Crippen molar-refractivity contribution >= 4 is 34.5 Å². The lowest BCUT2D eigenvalue weighted by molar-refractivity contribution is 0.0634. The normalized spacial score (nSPS) is 11.1. The van der Waals surface area contributed by atoms with E-state index in [1.807, 2.05) is 12.1 Å². The van der Waals surface area contributed by atoms with Crippen LogP contribution in [-0.2, 0) is 11.3 Å². The van der Waals surface area contributed by atoms with Gasteiger partial charge in [-0.25, -0.2) is 14.6 Å². The third-order valence-electron chi connectivity index (χ3n) is 4.31. The van der Waals surface area contributed by atoms with E-state index in [9.17, 15) is 14.7 Å². The molecule has 8 nitrogen and oxygen atoms in total. The number of amides is 1. The quantitative estimate of drug-likeness (QED) is 0.517. The van der Waals surface area contributed by atoms with Gasteiger partial charge < -0.3 is 19.9 Å². The highest BCUT2D eigenvalue weighted by Gasteiger charge is 2.16. The van der Waals surface area contributed by atoms with Crippen LogP contribution in [0.5, 0.6) is 5.75 Å². The second-order valence-electron chi connectivity index (χ2n) is 7.93. The summed E-state index contributed by atoms with van der Waals surface area (Å²) >= 11 is 0. The number of pyridine rings is 1. The van der Waals surface area contributed by atoms with E-state index in [4.69, 9.17) is 9.47 Å². The number of benzene rings is 2. The number of methoxy groups -OCH3 is 1. The molecule has 1 heterocycles. The number of ether oxygens (including phenoxy) is 2. The SMILES string of the molecule is COc1ccc2cc(C(=O)O)c(NCc3ccc(NC(=O)OC(C)(C)C)cc3)nc2c1. The minimum Gasteiger partial charge on any atom is -0.497 e. The summed E-state index contributed by atoms with van der Waals surface area (Å²) in [6, 6.07) is 14.0. The van der Waals surface area contributed by atoms with Crippen LogP contribution in [-0.4, -0.2) is 34.9 Å². The molecular formula is C23H25N3O5. The summed E-state index contributed by atoms with van der Waals surface area (Å²) in [5, 5.41) is 16.0. The number of nitrogens with zero attached hydrogens (tertiary/aromatic N) is 1. The van der Waals surface area contributed by atoms with Crippen molar-refractivity contribution in [2.24, 2.45) is 0 Å². The maximum absolute atomic E-state index is 11.9. The maximum Gasteiger partial charge on any atom is 0.412 e. The van der Waals surface area contributed by atoms with Crippen LogP contribution < -0.4 is 15.4 Å². The van der Waals surface area contributed by atoms with Gasteiger partial charge in [0, 0.05) is 23.7 Å². The van der Waals surface area contributed by atoms with Crippen molar-refractivity contribution in [3.8, 4) is 5.75 Å². The van der Waals surface area contributed by atoms with Gasteiger partial charge in [0.2, 0.25) is 0 Å². The zero-order valence-corrected chi connectivity index (χ0v) is 17.9. The van der Waals surface area contributed by atoms with Gasteiger partial charge in [0.25, 0.3) is 0 Å². The lowest BCUT2D eigenvalue weighted by Gasteiger charge is -2.19. The fourth-order valence-corrected chi connectivity index (χ4v) is 2.88. The Bertz CT molecular complexity index is 1100. The number of fused-ring (bicyclic) bond motifs is 1. The summed E-state index contributed by atoms with van der Waals surface area (Å²) in [5.41, 5.74) is 1.62. The van der Waals surface area contributed by atoms with Gasteiger partial charge in [0.05, 0.1) is 12.6 Å². The Morgan fingerprint density at radius 3 is 2.39 bits per heavy atom. The van der Waals surface area contributed by atoms with Gasteiger partial charge in [-0.3, -0.25) is 5.32 Å². The molecular weight excluding hydrogens is 398 g/mol. The Balaban J connectivity index is 1.73. The van der Waals surface area contributed by atoms with E-state index in [1.165, 1.54) is 0 Å². The molecule has 0 radical (unpaired) electrons. The number of anilines is 2. The summed E-state index contributed by atoms with van der Waals surface area (Å²) in [6.07, 6.45) is -0.528. The van der Waals surface area contributed by atoms with E-state index in [0.717, 1.165) is 5.56 Å². The molecule has 0 atom stereocenters. The van der Waals surface area contributed by atoms with Crippen molar-refractivity contribution in [2.45, 2.75) is 32.9 Å². The number of aromatic nitrogens is 1. The summed E-state index contributed by atoms with van der Waals surface area (Å²) in [5.74, 6) is -0.157. The van der Waals surface area contributed by atoms with Gasteiger partial charge in [0.1, 0.15) is 22.7 Å². The molecule has 2 aromatic carbocycles. The molecule has 0 saturated heterocycles. The summed E-state index contributed by atoms with van der Waals surface area (Å²) < 4.78 is 10.4. The fraction of sp³-hybridized carbons (Fsp3) is 0.261. The number of hydrogen-bond acceptors (Lipinski definition) is 6. The Kier molecular flexibility index (Phi) is 6.29. The number of nitrogens with one attached hydrogen (secondary N) is 2. The van der Waals surface area contributed by atoms with Crippen molar-refractivity contribution < 1.29 is 24.2 Å². The zero-order valence-electron chi connectivity index (χ0n) is 17.9. The first-order chi connectivity index (χ1) is 14.6. The predicted octanol–water partition coefficient (Wildman–Crippen LogP) is 4.90. The monoisotopic (exact) mass is 423 g/mol. The Morgan fingerprint density at radius 2 is 1.77 bits per heavy atom. The average Bonchev–Trinajstić information content (AvgIpc) is 2.70. The molecule has 0 unspecified atom stereocenters. The molecule has 8 heteroatoms. The predicted molar refractivity (Wildman–Crippen MR) is 119 cm³/mol. The lowest BCUT2D eigenvalue weighted by atomic mass is 10.1. The van der Waals surface area contributed by atoms with E-state index in [-0.39, 0.29) is 11.4 Å². The van der Waals surface area contributed by atoms with Crippen molar-refractivity contribution in [1.29, 1.82) is 0 Å². The van der Waals surface area contributed by atoms with Crippen molar-refractivity contribution in [3.63, 3.8) is 0 Å². The van der Waals surface area contributed by atoms with Gasteiger partial charge in [-0.15, -0.1) is 0 Å². The van der Waals surface area contributed by atoms with Crippen LogP contribution in [0.3, 0.4) is 0 Å². The Labute approximate surface area is 180 Å². The third kappa shape index (κ3) is 5.85. The molecule has 0 aliphatic carbocycles. The van der Waals surface area contributed by atoms with E-state index in [2.05, 4.69) is 15.6 Å². The second kappa shape index (κ2) is 8.91. The van der Waals surface area contributed by atoms with E-state index in [1.54, 1.807) is 64.3 Å². The molecule has 1 amide bonds. The zero-order chi connectivity index (χ0) is 22.6. The highest BCUT2D eigenvalue weighted by atomic mass is 16.6. The molecule has 162 valence electrons. The first-order valence-corrected chi connectivity index (χ1v) is 9.69. The molecule has 1 aromatic heterocycles. The average molecular weight is 423 g/mol. The van der Waals surface area contributed by atoms with Crippen LogP contribution in [0.25, 0.3) is 10.9 Å². The number of carboxylic acids is 1. The summed E-state index contributed by atoms with van der Waals surface area (Å²) in [6.45, 7) is 5.74. The lowest BCUT2D eigenvalue weighted by Crippen LogP contribution is -2.27. The molecule has 3 aromatic rings. The molecule has 3 rings (SSSR count). The minimum atomic E-state index is -1.07. The van der Waals surface area contributed by atoms with Gasteiger partial charge in [0.15, 0.2) is 0 Å². The molecule has 0 bridgehead atoms. The van der Waals surface area contributed by atoms with Crippen LogP contribution in [0.2, 0.25) is 0 Å². The topological polar surface area (TPSA) is 110 Å². The number of carbonyl (C=O) groups is 2. The Hall–Kier alpha value is -3.81. The molecule has 0 aliphatic rings. The summed E-state index contributed by atoms with van der Waals surface area (Å²) in [7, 11) is 1.56. The van der Waals surface area contributed by atoms with Gasteiger partial charge in [-0.2, -0.15) is 0 Å². The highest BCUT2D eigenvalue weighted by Crippen LogP contribution is 2.25. The molecule has 0 spiro atoms. The summed E-state index contributed by atoms with van der Waals surface area (Å²) in [4.78, 5) is 28.0. The van der Waals surface area contributed by atoms with Crippen LogP contribution >= 0.6 is 0 Å². The van der Waals surface area contributed by atoms with Crippen LogP contribution in [0.15, 0.2) is 48.5 Å².